The summed E-state index contributed by atoms with van der Waals surface area (Å²) in [6.07, 6.45) is 2.83. The molecule has 0 atom stereocenters. The topological polar surface area (TPSA) is 112 Å². The van der Waals surface area contributed by atoms with E-state index in [1.54, 1.807) is 24.3 Å². The molecule has 0 saturated carbocycles. The van der Waals surface area contributed by atoms with Gasteiger partial charge < -0.3 is 5.73 Å². The highest BCUT2D eigenvalue weighted by atomic mass is 32.2. The third-order valence-corrected chi connectivity index (χ3v) is 4.43. The number of anilines is 1. The lowest BCUT2D eigenvalue weighted by atomic mass is 10.0. The normalized spacial score (nSPS) is 11.4. The number of benzene rings is 2. The van der Waals surface area contributed by atoms with Gasteiger partial charge in [0.15, 0.2) is 0 Å². The van der Waals surface area contributed by atoms with Gasteiger partial charge >= 0.3 is 0 Å². The van der Waals surface area contributed by atoms with Crippen molar-refractivity contribution in [3.05, 3.63) is 60.7 Å². The number of halogens is 1. The van der Waals surface area contributed by atoms with E-state index in [1.165, 1.54) is 30.6 Å². The van der Waals surface area contributed by atoms with E-state index < -0.39 is 15.8 Å². The molecule has 1 aromatic heterocycles. The monoisotopic (exact) mass is 344 g/mol. The number of hydrogen-bond donors (Lipinski definition) is 2. The minimum atomic E-state index is -3.92. The van der Waals surface area contributed by atoms with Crippen LogP contribution < -0.4 is 10.9 Å². The Kier molecular flexibility index (Phi) is 4.00. The fourth-order valence-electron chi connectivity index (χ4n) is 2.35. The summed E-state index contributed by atoms with van der Waals surface area (Å²) in [6.45, 7) is 0. The summed E-state index contributed by atoms with van der Waals surface area (Å²) in [7, 11) is -3.92. The predicted molar refractivity (Wildman–Crippen MR) is 88.6 cm³/mol. The Labute approximate surface area is 138 Å². The molecular formula is C16H13FN4O2S. The molecule has 122 valence electrons. The van der Waals surface area contributed by atoms with Crippen LogP contribution in [0.2, 0.25) is 0 Å². The summed E-state index contributed by atoms with van der Waals surface area (Å²) in [6, 6.07) is 10.5. The molecule has 0 fully saturated rings. The summed E-state index contributed by atoms with van der Waals surface area (Å²) >= 11 is 0. The first-order valence-corrected chi connectivity index (χ1v) is 8.40. The van der Waals surface area contributed by atoms with Crippen LogP contribution in [0.5, 0.6) is 0 Å². The molecule has 3 rings (SSSR count). The highest BCUT2D eigenvalue weighted by Crippen LogP contribution is 2.30. The number of sulfonamides is 1. The highest BCUT2D eigenvalue weighted by molar-refractivity contribution is 7.89. The van der Waals surface area contributed by atoms with E-state index in [4.69, 9.17) is 10.9 Å². The van der Waals surface area contributed by atoms with Gasteiger partial charge in [0.05, 0.1) is 4.90 Å². The molecule has 0 bridgehead atoms. The van der Waals surface area contributed by atoms with Crippen LogP contribution in [-0.4, -0.2) is 18.4 Å². The molecule has 8 heteroatoms. The lowest BCUT2D eigenvalue weighted by Gasteiger charge is -2.10. The first kappa shape index (κ1) is 16.0. The molecule has 0 unspecified atom stereocenters. The van der Waals surface area contributed by atoms with E-state index in [-0.39, 0.29) is 16.4 Å². The van der Waals surface area contributed by atoms with Crippen molar-refractivity contribution < 1.29 is 12.8 Å². The number of nitrogens with zero attached hydrogens (tertiary/aromatic N) is 2. The van der Waals surface area contributed by atoms with Crippen molar-refractivity contribution in [1.29, 1.82) is 0 Å². The van der Waals surface area contributed by atoms with Gasteiger partial charge in [-0.2, -0.15) is 0 Å². The first-order valence-electron chi connectivity index (χ1n) is 6.86. The van der Waals surface area contributed by atoms with Gasteiger partial charge in [0.1, 0.15) is 5.82 Å². The Morgan fingerprint density at radius 2 is 1.58 bits per heavy atom. The van der Waals surface area contributed by atoms with Gasteiger partial charge in [0, 0.05) is 29.1 Å². The van der Waals surface area contributed by atoms with Crippen molar-refractivity contribution in [2.75, 3.05) is 5.73 Å². The average molecular weight is 344 g/mol. The molecule has 24 heavy (non-hydrogen) atoms. The zero-order valence-corrected chi connectivity index (χ0v) is 13.2. The van der Waals surface area contributed by atoms with E-state index in [0.29, 0.717) is 16.7 Å². The van der Waals surface area contributed by atoms with Crippen molar-refractivity contribution in [2.24, 2.45) is 5.14 Å². The molecule has 3 aromatic rings. The minimum absolute atomic E-state index is 0.0621. The molecule has 0 aliphatic carbocycles. The maximum absolute atomic E-state index is 14.5. The summed E-state index contributed by atoms with van der Waals surface area (Å²) < 4.78 is 37.9. The Morgan fingerprint density at radius 1 is 0.917 bits per heavy atom. The van der Waals surface area contributed by atoms with E-state index in [1.807, 2.05) is 0 Å². The molecule has 0 radical (unpaired) electrons. The van der Waals surface area contributed by atoms with Crippen LogP contribution >= 0.6 is 0 Å². The Balaban J connectivity index is 2.10. The molecule has 1 heterocycles. The van der Waals surface area contributed by atoms with Gasteiger partial charge in [-0.25, -0.2) is 27.9 Å². The third kappa shape index (κ3) is 3.10. The number of primary sulfonamides is 1. The van der Waals surface area contributed by atoms with Crippen LogP contribution in [0.15, 0.2) is 59.8 Å². The van der Waals surface area contributed by atoms with Crippen LogP contribution in [-0.2, 0) is 10.0 Å². The maximum Gasteiger partial charge on any atom is 0.238 e. The molecule has 0 aliphatic heterocycles. The molecular weight excluding hydrogens is 331 g/mol. The van der Waals surface area contributed by atoms with E-state index >= 15 is 0 Å². The Bertz CT molecular complexity index is 1000. The predicted octanol–water partition coefficient (Wildman–Crippen LogP) is 2.18. The van der Waals surface area contributed by atoms with Crippen molar-refractivity contribution in [3.8, 4) is 22.3 Å². The second kappa shape index (κ2) is 5.99. The van der Waals surface area contributed by atoms with Crippen molar-refractivity contribution >= 4 is 16.0 Å². The molecule has 0 spiro atoms. The number of rotatable bonds is 3. The van der Waals surface area contributed by atoms with E-state index in [2.05, 4.69) is 9.97 Å². The number of aromatic nitrogens is 2. The van der Waals surface area contributed by atoms with Gasteiger partial charge in [0.2, 0.25) is 16.0 Å². The van der Waals surface area contributed by atoms with Gasteiger partial charge in [-0.1, -0.05) is 30.3 Å². The largest absolute Gasteiger partial charge is 0.368 e. The molecule has 0 aliphatic rings. The van der Waals surface area contributed by atoms with Gasteiger partial charge in [-0.15, -0.1) is 0 Å². The fraction of sp³-hybridized carbons (Fsp3) is 0. The number of hydrogen-bond acceptors (Lipinski definition) is 5. The lowest BCUT2D eigenvalue weighted by molar-refractivity contribution is 0.598. The minimum Gasteiger partial charge on any atom is -0.368 e. The average Bonchev–Trinajstić information content (AvgIpc) is 2.55. The van der Waals surface area contributed by atoms with Crippen molar-refractivity contribution in [3.63, 3.8) is 0 Å². The van der Waals surface area contributed by atoms with Gasteiger partial charge in [-0.3, -0.25) is 0 Å². The molecule has 6 nitrogen and oxygen atoms in total. The number of nitrogen functional groups attached to an aromatic ring is 1. The highest BCUT2D eigenvalue weighted by Gasteiger charge is 2.16. The standard InChI is InChI=1S/C16H13FN4O2S/c17-14-7-10(13-3-1-2-4-15(13)24(19,22)23)5-6-12(14)11-8-20-16(18)21-9-11/h1-9H,(H2,18,20,21)(H2,19,22,23). The van der Waals surface area contributed by atoms with Gasteiger partial charge in [0.25, 0.3) is 0 Å². The zero-order valence-electron chi connectivity index (χ0n) is 12.3. The smallest absolute Gasteiger partial charge is 0.238 e. The van der Waals surface area contributed by atoms with Crippen LogP contribution in [0.25, 0.3) is 22.3 Å². The summed E-state index contributed by atoms with van der Waals surface area (Å²) in [5.74, 6) is -0.442. The summed E-state index contributed by atoms with van der Waals surface area (Å²) in [5.41, 5.74) is 6.90. The van der Waals surface area contributed by atoms with Crippen molar-refractivity contribution in [1.82, 2.24) is 9.97 Å². The summed E-state index contributed by atoms with van der Waals surface area (Å²) in [5, 5.41) is 5.22. The molecule has 0 saturated heterocycles. The van der Waals surface area contributed by atoms with Crippen LogP contribution in [0.4, 0.5) is 10.3 Å². The molecule has 2 aromatic carbocycles. The molecule has 4 N–H and O–H groups in total. The summed E-state index contributed by atoms with van der Waals surface area (Å²) in [4.78, 5) is 7.59. The quantitative estimate of drug-likeness (QED) is 0.756. The third-order valence-electron chi connectivity index (χ3n) is 3.46. The second-order valence-electron chi connectivity index (χ2n) is 5.07. The second-order valence-corrected chi connectivity index (χ2v) is 6.60. The van der Waals surface area contributed by atoms with Crippen LogP contribution in [0.1, 0.15) is 0 Å². The van der Waals surface area contributed by atoms with Gasteiger partial charge in [-0.05, 0) is 17.7 Å². The first-order chi connectivity index (χ1) is 11.4. The lowest BCUT2D eigenvalue weighted by Crippen LogP contribution is -2.13. The Morgan fingerprint density at radius 3 is 2.21 bits per heavy atom. The molecule has 0 amide bonds. The van der Waals surface area contributed by atoms with E-state index in [9.17, 15) is 12.8 Å². The maximum atomic E-state index is 14.5. The number of nitrogens with two attached hydrogens (primary N) is 2. The van der Waals surface area contributed by atoms with E-state index in [0.717, 1.165) is 0 Å². The van der Waals surface area contributed by atoms with Crippen LogP contribution in [0.3, 0.4) is 0 Å². The fourth-order valence-corrected chi connectivity index (χ4v) is 3.11. The van der Waals surface area contributed by atoms with Crippen LogP contribution in [0, 0.1) is 5.82 Å². The SMILES string of the molecule is Nc1ncc(-c2ccc(-c3ccccc3S(N)(=O)=O)cc2F)cn1. The van der Waals surface area contributed by atoms with Crippen molar-refractivity contribution in [2.45, 2.75) is 4.90 Å². The zero-order chi connectivity index (χ0) is 17.3. The Hall–Kier alpha value is -2.84.